The maximum absolute atomic E-state index is 6.51. The van der Waals surface area contributed by atoms with Crippen molar-refractivity contribution < 1.29 is 14.2 Å². The summed E-state index contributed by atoms with van der Waals surface area (Å²) in [7, 11) is 4.73. The van der Waals surface area contributed by atoms with Crippen molar-refractivity contribution >= 4 is 23.1 Å². The Morgan fingerprint density at radius 1 is 0.967 bits per heavy atom. The molecule has 0 fully saturated rings. The van der Waals surface area contributed by atoms with E-state index in [-0.39, 0.29) is 0 Å². The van der Waals surface area contributed by atoms with E-state index >= 15 is 0 Å². The van der Waals surface area contributed by atoms with Crippen molar-refractivity contribution in [2.24, 2.45) is 0 Å². The minimum atomic E-state index is 0.477. The number of nitrogens with two attached hydrogens (primary N) is 1. The molecule has 2 N–H and O–H groups in total. The highest BCUT2D eigenvalue weighted by molar-refractivity contribution is 6.30. The Morgan fingerprint density at radius 3 is 2.40 bits per heavy atom. The van der Waals surface area contributed by atoms with E-state index < -0.39 is 0 Å². The van der Waals surface area contributed by atoms with Gasteiger partial charge in [0.05, 0.1) is 38.8 Å². The number of hydrogen-bond donors (Lipinski definition) is 1. The Kier molecular flexibility index (Phi) is 5.13. The van der Waals surface area contributed by atoms with E-state index in [0.717, 1.165) is 27.9 Å². The largest absolute Gasteiger partial charge is 0.493 e. The zero-order valence-electron chi connectivity index (χ0n) is 17.1. The molecule has 0 unspecified atom stereocenters. The molecule has 0 saturated carbocycles. The molecule has 30 heavy (non-hydrogen) atoms. The van der Waals surface area contributed by atoms with Gasteiger partial charge >= 0.3 is 0 Å². The Balaban J connectivity index is 1.96. The number of fused-ring (bicyclic) bond motifs is 1. The van der Waals surface area contributed by atoms with E-state index in [1.165, 1.54) is 0 Å². The van der Waals surface area contributed by atoms with Crippen LogP contribution in [0.25, 0.3) is 27.9 Å². The number of hydrogen-bond acceptors (Lipinski definition) is 6. The molecular weight excluding hydrogens is 404 g/mol. The number of rotatable bonds is 5. The SMILES string of the molecule is COc1ccc(-c2cnn3c(N)c(-c4cccc(Cl)c4)c(C)nc23)c(OC)c1OC. The van der Waals surface area contributed by atoms with Crippen LogP contribution in [0.3, 0.4) is 0 Å². The smallest absolute Gasteiger partial charge is 0.203 e. The van der Waals surface area contributed by atoms with Gasteiger partial charge in [0.2, 0.25) is 5.75 Å². The highest BCUT2D eigenvalue weighted by Crippen LogP contribution is 2.45. The van der Waals surface area contributed by atoms with Gasteiger partial charge in [-0.1, -0.05) is 23.7 Å². The Labute approximate surface area is 179 Å². The Morgan fingerprint density at radius 2 is 1.73 bits per heavy atom. The van der Waals surface area contributed by atoms with Gasteiger partial charge in [0.15, 0.2) is 17.1 Å². The van der Waals surface area contributed by atoms with E-state index in [1.807, 2.05) is 43.3 Å². The number of ether oxygens (including phenoxy) is 3. The number of anilines is 1. The third-order valence-corrected chi connectivity index (χ3v) is 5.21. The lowest BCUT2D eigenvalue weighted by atomic mass is 10.0. The van der Waals surface area contributed by atoms with Gasteiger partial charge in [0.1, 0.15) is 5.82 Å². The third kappa shape index (κ3) is 3.07. The van der Waals surface area contributed by atoms with Gasteiger partial charge in [-0.15, -0.1) is 0 Å². The topological polar surface area (TPSA) is 83.9 Å². The van der Waals surface area contributed by atoms with Crippen LogP contribution in [0.5, 0.6) is 17.2 Å². The number of halogens is 1. The minimum absolute atomic E-state index is 0.477. The summed E-state index contributed by atoms with van der Waals surface area (Å²) in [4.78, 5) is 4.80. The minimum Gasteiger partial charge on any atom is -0.493 e. The van der Waals surface area contributed by atoms with Crippen molar-refractivity contribution in [3.05, 3.63) is 53.3 Å². The second kappa shape index (κ2) is 7.76. The van der Waals surface area contributed by atoms with E-state index in [2.05, 4.69) is 5.10 Å². The van der Waals surface area contributed by atoms with Gasteiger partial charge in [-0.05, 0) is 36.8 Å². The normalized spacial score (nSPS) is 11.0. The molecule has 7 nitrogen and oxygen atoms in total. The first-order valence-corrected chi connectivity index (χ1v) is 9.57. The summed E-state index contributed by atoms with van der Waals surface area (Å²) in [5, 5.41) is 5.11. The molecular formula is C22H21ClN4O3. The molecule has 0 saturated heterocycles. The van der Waals surface area contributed by atoms with E-state index in [0.29, 0.717) is 33.7 Å². The van der Waals surface area contributed by atoms with Crippen LogP contribution in [0.4, 0.5) is 5.82 Å². The van der Waals surface area contributed by atoms with Crippen molar-refractivity contribution in [2.75, 3.05) is 27.1 Å². The van der Waals surface area contributed by atoms with Gasteiger partial charge in [-0.25, -0.2) is 4.98 Å². The summed E-state index contributed by atoms with van der Waals surface area (Å²) < 4.78 is 18.1. The van der Waals surface area contributed by atoms with Crippen LogP contribution < -0.4 is 19.9 Å². The third-order valence-electron chi connectivity index (χ3n) is 4.97. The summed E-state index contributed by atoms with van der Waals surface area (Å²) in [6.45, 7) is 1.91. The average Bonchev–Trinajstić information content (AvgIpc) is 3.16. The van der Waals surface area contributed by atoms with Crippen molar-refractivity contribution in [2.45, 2.75) is 6.92 Å². The molecule has 8 heteroatoms. The highest BCUT2D eigenvalue weighted by atomic mass is 35.5. The molecule has 0 aliphatic rings. The number of benzene rings is 2. The van der Waals surface area contributed by atoms with Crippen LogP contribution >= 0.6 is 11.6 Å². The lowest BCUT2D eigenvalue weighted by Gasteiger charge is -2.15. The van der Waals surface area contributed by atoms with Crippen LogP contribution in [0.15, 0.2) is 42.6 Å². The predicted molar refractivity (Wildman–Crippen MR) is 118 cm³/mol. The lowest BCUT2D eigenvalue weighted by molar-refractivity contribution is 0.325. The van der Waals surface area contributed by atoms with Crippen LogP contribution in [0.2, 0.25) is 5.02 Å². The fourth-order valence-corrected chi connectivity index (χ4v) is 3.83. The summed E-state index contributed by atoms with van der Waals surface area (Å²) in [6, 6.07) is 11.2. The fourth-order valence-electron chi connectivity index (χ4n) is 3.64. The van der Waals surface area contributed by atoms with Gasteiger partial charge < -0.3 is 19.9 Å². The molecule has 4 rings (SSSR count). The Bertz CT molecular complexity index is 1250. The highest BCUT2D eigenvalue weighted by Gasteiger charge is 2.22. The first kappa shape index (κ1) is 19.8. The molecule has 4 aromatic rings. The fraction of sp³-hybridized carbons (Fsp3) is 0.182. The van der Waals surface area contributed by atoms with Crippen molar-refractivity contribution in [1.82, 2.24) is 14.6 Å². The zero-order chi connectivity index (χ0) is 21.4. The van der Waals surface area contributed by atoms with Crippen molar-refractivity contribution in [3.8, 4) is 39.5 Å². The van der Waals surface area contributed by atoms with Crippen LogP contribution in [-0.4, -0.2) is 35.9 Å². The molecule has 2 heterocycles. The van der Waals surface area contributed by atoms with Crippen LogP contribution in [0.1, 0.15) is 5.69 Å². The van der Waals surface area contributed by atoms with Crippen molar-refractivity contribution in [1.29, 1.82) is 0 Å². The summed E-state index contributed by atoms with van der Waals surface area (Å²) in [5.74, 6) is 2.08. The molecule has 0 aliphatic carbocycles. The van der Waals surface area contributed by atoms with Crippen LogP contribution in [0, 0.1) is 6.92 Å². The molecule has 2 aromatic heterocycles. The monoisotopic (exact) mass is 424 g/mol. The lowest BCUT2D eigenvalue weighted by Crippen LogP contribution is -2.05. The number of nitrogens with zero attached hydrogens (tertiary/aromatic N) is 3. The predicted octanol–water partition coefficient (Wildman–Crippen LogP) is 4.63. The number of nitrogen functional groups attached to an aromatic ring is 1. The van der Waals surface area contributed by atoms with E-state index in [9.17, 15) is 0 Å². The molecule has 2 aromatic carbocycles. The zero-order valence-corrected chi connectivity index (χ0v) is 17.8. The average molecular weight is 425 g/mol. The second-order valence-electron chi connectivity index (χ2n) is 6.64. The van der Waals surface area contributed by atoms with Gasteiger partial charge in [0, 0.05) is 16.1 Å². The number of aromatic nitrogens is 3. The van der Waals surface area contributed by atoms with Gasteiger partial charge in [-0.3, -0.25) is 0 Å². The maximum Gasteiger partial charge on any atom is 0.203 e. The quantitative estimate of drug-likeness (QED) is 0.502. The van der Waals surface area contributed by atoms with Gasteiger partial charge in [-0.2, -0.15) is 9.61 Å². The molecule has 0 atom stereocenters. The van der Waals surface area contributed by atoms with Crippen LogP contribution in [-0.2, 0) is 0 Å². The molecule has 0 radical (unpaired) electrons. The first-order chi connectivity index (χ1) is 14.5. The first-order valence-electron chi connectivity index (χ1n) is 9.19. The van der Waals surface area contributed by atoms with E-state index in [1.54, 1.807) is 32.0 Å². The molecule has 0 spiro atoms. The molecule has 0 bridgehead atoms. The molecule has 0 amide bonds. The molecule has 0 aliphatic heterocycles. The van der Waals surface area contributed by atoms with Crippen molar-refractivity contribution in [3.63, 3.8) is 0 Å². The summed E-state index contributed by atoms with van der Waals surface area (Å²) in [6.07, 6.45) is 1.71. The standard InChI is InChI=1S/C22H21ClN4O3/c1-12-18(13-6-5-7-14(23)10-13)21(24)27-22(26-12)16(11-25-27)15-8-9-17(28-2)20(30-4)19(15)29-3/h5-11H,24H2,1-4H3. The maximum atomic E-state index is 6.51. The van der Waals surface area contributed by atoms with Gasteiger partial charge in [0.25, 0.3) is 0 Å². The number of methoxy groups -OCH3 is 3. The second-order valence-corrected chi connectivity index (χ2v) is 7.08. The van der Waals surface area contributed by atoms with E-state index in [4.69, 9.17) is 36.5 Å². The summed E-state index contributed by atoms with van der Waals surface area (Å²) >= 11 is 6.17. The number of aryl methyl sites for hydroxylation is 1. The molecule has 154 valence electrons. The summed E-state index contributed by atoms with van der Waals surface area (Å²) in [5.41, 5.74) is 11.1. The Hall–Kier alpha value is -3.45.